The number of phenolic OH excluding ortho intramolecular Hbond substituents is 2. The van der Waals surface area contributed by atoms with Crippen LogP contribution in [-0.4, -0.2) is 194 Å². The number of para-hydroxylation sites is 1. The molecule has 100 heavy (non-hydrogen) atoms. The zero-order valence-electron chi connectivity index (χ0n) is 55.5. The summed E-state index contributed by atoms with van der Waals surface area (Å²) in [5, 5.41) is 55.6. The van der Waals surface area contributed by atoms with E-state index < -0.39 is 138 Å². The second-order valence-electron chi connectivity index (χ2n) is 25.1. The van der Waals surface area contributed by atoms with Crippen molar-refractivity contribution in [1.82, 2.24) is 57.7 Å². The van der Waals surface area contributed by atoms with Crippen LogP contribution in [0.3, 0.4) is 0 Å². The molecule has 3 heterocycles. The molecule has 31 nitrogen and oxygen atoms in total. The third kappa shape index (κ3) is 24.4. The molecule has 542 valence electrons. The number of aromatic amines is 1. The summed E-state index contributed by atoms with van der Waals surface area (Å²) in [6.45, 7) is 0.463. The average Bonchev–Trinajstić information content (AvgIpc) is 1.59. The molecular formula is C67H92N16O15S2. The molecule has 21 N–H and O–H groups in total. The molecule has 7 rings (SSSR count). The van der Waals surface area contributed by atoms with E-state index in [1.807, 2.05) is 18.2 Å². The first-order valence-electron chi connectivity index (χ1n) is 33.6. The lowest BCUT2D eigenvalue weighted by Crippen LogP contribution is -2.61. The van der Waals surface area contributed by atoms with Crippen molar-refractivity contribution in [3.8, 4) is 11.5 Å². The number of aliphatic carboxylic acids is 1. The van der Waals surface area contributed by atoms with Gasteiger partial charge in [0.2, 0.25) is 65.0 Å². The number of carbonyl (C=O) groups excluding carboxylic acids is 11. The van der Waals surface area contributed by atoms with Crippen molar-refractivity contribution >= 4 is 109 Å². The zero-order chi connectivity index (χ0) is 72.3. The summed E-state index contributed by atoms with van der Waals surface area (Å²) in [4.78, 5) is 178. The number of nitrogens with one attached hydrogen (secondary N) is 10. The van der Waals surface area contributed by atoms with Crippen molar-refractivity contribution in [3.05, 3.63) is 95.7 Å². The summed E-state index contributed by atoms with van der Waals surface area (Å²) in [5.74, 6) is -11.4. The van der Waals surface area contributed by atoms with Gasteiger partial charge < -0.3 is 96.0 Å². The number of phenols is 2. The number of amides is 11. The van der Waals surface area contributed by atoms with Crippen LogP contribution >= 0.6 is 21.6 Å². The SMILES string of the molecule is NCCC(=O)N1CCC[C@H]1C(=O)N[C@@H](Cc1ccc(O)cc1)C(=O)N[C@H]1CSSC[C@@H](C(N)=O)NC(=O)[C@H](CCC(=O)O)NC(=O)[C@H](Cc2c[nH]c3ccccc23)NC(=O)CCCCCNC(=O)[C@H](CCCN=C(N)N)NC(=O)[C@H](Cc2ccc(O)cc2)NC(=O)[C@H](C2CCCC2)NC1=O. The number of hydrogen-bond donors (Lipinski definition) is 17. The van der Waals surface area contributed by atoms with E-state index in [9.17, 15) is 63.3 Å². The number of fused-ring (bicyclic) bond motifs is 1. The maximum atomic E-state index is 15.2. The maximum Gasteiger partial charge on any atom is 0.303 e. The number of rotatable bonds is 21. The van der Waals surface area contributed by atoms with Crippen LogP contribution in [0, 0.1) is 5.92 Å². The minimum absolute atomic E-state index is 0.0208. The van der Waals surface area contributed by atoms with Gasteiger partial charge in [0.05, 0.1) is 0 Å². The topological polar surface area (TPSA) is 509 Å². The number of aliphatic imine (C=N–C) groups is 1. The van der Waals surface area contributed by atoms with Crippen molar-refractivity contribution in [2.24, 2.45) is 33.8 Å². The molecule has 3 aliphatic rings. The maximum absolute atomic E-state index is 15.2. The third-order valence-corrected chi connectivity index (χ3v) is 20.0. The van der Waals surface area contributed by atoms with Gasteiger partial charge >= 0.3 is 5.97 Å². The van der Waals surface area contributed by atoms with E-state index >= 15 is 9.59 Å². The summed E-state index contributed by atoms with van der Waals surface area (Å²) in [5.41, 5.74) is 25.1. The van der Waals surface area contributed by atoms with Gasteiger partial charge in [0.1, 0.15) is 65.9 Å². The second-order valence-corrected chi connectivity index (χ2v) is 27.6. The van der Waals surface area contributed by atoms with Crippen LogP contribution in [0.5, 0.6) is 11.5 Å². The molecule has 1 aliphatic carbocycles. The number of aromatic nitrogens is 1. The van der Waals surface area contributed by atoms with Crippen molar-refractivity contribution in [1.29, 1.82) is 0 Å². The molecule has 9 atom stereocenters. The molecule has 0 spiro atoms. The Morgan fingerprint density at radius 3 is 1.96 bits per heavy atom. The zero-order valence-corrected chi connectivity index (χ0v) is 57.1. The molecular weight excluding hydrogens is 1330 g/mol. The number of carbonyl (C=O) groups is 12. The minimum atomic E-state index is -1.60. The number of nitrogens with zero attached hydrogens (tertiary/aromatic N) is 2. The number of carboxylic acids is 1. The molecule has 2 saturated heterocycles. The second kappa shape index (κ2) is 39.2. The van der Waals surface area contributed by atoms with E-state index in [0.29, 0.717) is 61.6 Å². The van der Waals surface area contributed by atoms with Crippen LogP contribution in [0.25, 0.3) is 10.9 Å². The van der Waals surface area contributed by atoms with Gasteiger partial charge in [-0.2, -0.15) is 0 Å². The van der Waals surface area contributed by atoms with Crippen molar-refractivity contribution in [2.45, 2.75) is 170 Å². The fourth-order valence-electron chi connectivity index (χ4n) is 12.2. The molecule has 3 fully saturated rings. The van der Waals surface area contributed by atoms with Gasteiger partial charge in [-0.15, -0.1) is 0 Å². The number of primary amides is 1. The quantitative estimate of drug-likeness (QED) is 0.0216. The highest BCUT2D eigenvalue weighted by atomic mass is 33.1. The molecule has 2 aliphatic heterocycles. The largest absolute Gasteiger partial charge is 0.508 e. The first-order chi connectivity index (χ1) is 48.0. The summed E-state index contributed by atoms with van der Waals surface area (Å²) >= 11 is 0. The van der Waals surface area contributed by atoms with E-state index in [4.69, 9.17) is 22.9 Å². The number of H-pyrrole nitrogens is 1. The van der Waals surface area contributed by atoms with E-state index in [-0.39, 0.29) is 119 Å². The number of likely N-dealkylation sites (tertiary alicyclic amines) is 1. The molecule has 0 unspecified atom stereocenters. The Hall–Kier alpha value is -9.63. The lowest BCUT2D eigenvalue weighted by atomic mass is 9.95. The summed E-state index contributed by atoms with van der Waals surface area (Å²) < 4.78 is 0. The fraction of sp³-hybridized carbons (Fsp3) is 0.507. The van der Waals surface area contributed by atoms with Gasteiger partial charge in [0.15, 0.2) is 5.96 Å². The Labute approximate surface area is 586 Å². The fourth-order valence-corrected chi connectivity index (χ4v) is 14.5. The highest BCUT2D eigenvalue weighted by Crippen LogP contribution is 2.30. The minimum Gasteiger partial charge on any atom is -0.508 e. The number of hydrogen-bond acceptors (Lipinski definition) is 18. The van der Waals surface area contributed by atoms with E-state index in [1.165, 1.54) is 41.3 Å². The lowest BCUT2D eigenvalue weighted by Gasteiger charge is -2.30. The number of nitrogens with two attached hydrogens (primary N) is 4. The van der Waals surface area contributed by atoms with Crippen LogP contribution in [0.15, 0.2) is 84.0 Å². The summed E-state index contributed by atoms with van der Waals surface area (Å²) in [7, 11) is 1.83. The van der Waals surface area contributed by atoms with Gasteiger partial charge in [0.25, 0.3) is 0 Å². The Balaban J connectivity index is 1.24. The van der Waals surface area contributed by atoms with E-state index in [0.717, 1.165) is 32.5 Å². The monoisotopic (exact) mass is 1420 g/mol. The molecule has 4 aromatic rings. The molecule has 0 radical (unpaired) electrons. The van der Waals surface area contributed by atoms with Crippen molar-refractivity contribution in [3.63, 3.8) is 0 Å². The number of guanidine groups is 1. The van der Waals surface area contributed by atoms with Crippen LogP contribution in [-0.2, 0) is 76.8 Å². The highest BCUT2D eigenvalue weighted by Gasteiger charge is 2.40. The van der Waals surface area contributed by atoms with Crippen molar-refractivity contribution in [2.75, 3.05) is 37.7 Å². The van der Waals surface area contributed by atoms with Crippen molar-refractivity contribution < 1.29 is 72.9 Å². The molecule has 3 aromatic carbocycles. The van der Waals surface area contributed by atoms with E-state index in [2.05, 4.69) is 57.8 Å². The van der Waals surface area contributed by atoms with Gasteiger partial charge in [0, 0.05) is 93.3 Å². The standard InChI is InChI=1S/C67H92N16O15S2/c68-28-27-55(87)83-31-9-15-53(83)65(97)78-48(32-38-17-21-42(84)22-18-38)62(94)81-52-37-100-99-36-51(58(69)90)80-60(92)47(25-26-56(88)89)77-63(95)50(34-41-35-74-45-13-6-5-12-44(41)45)75-54(86)16-2-1-7-29-72-59(91)46(14-8-30-73-67(70)71)76-61(93)49(33-39-19-23-43(85)24-20-39)79-66(98)57(82-64(52)96)40-10-3-4-11-40/h5-6,12-13,17-24,35,40,46-53,57,74,84-85H,1-4,7-11,14-16,25-34,36-37,68H2,(H2,69,90)(H,72,91)(H,75,86)(H,76,93)(H,77,95)(H,78,97)(H,79,98)(H,80,92)(H,81,94)(H,82,96)(H,88,89)(H4,70,71,73)/t46-,47-,48-,49-,50-,51-,52-,53-,57-/m0/s1. The first kappa shape index (κ1) is 77.7. The number of benzene rings is 3. The van der Waals surface area contributed by atoms with Gasteiger partial charge in [-0.3, -0.25) is 62.5 Å². The van der Waals surface area contributed by atoms with Crippen LogP contribution < -0.4 is 70.8 Å². The Morgan fingerprint density at radius 2 is 1.29 bits per heavy atom. The van der Waals surface area contributed by atoms with Crippen LogP contribution in [0.4, 0.5) is 0 Å². The smallest absolute Gasteiger partial charge is 0.303 e. The highest BCUT2D eigenvalue weighted by molar-refractivity contribution is 8.76. The molecule has 1 saturated carbocycles. The molecule has 1 aromatic heterocycles. The first-order valence-corrected chi connectivity index (χ1v) is 36.1. The normalized spacial score (nSPS) is 22.9. The van der Waals surface area contributed by atoms with Crippen LogP contribution in [0.1, 0.15) is 113 Å². The molecule has 0 bridgehead atoms. The predicted molar refractivity (Wildman–Crippen MR) is 374 cm³/mol. The number of aromatic hydroxyl groups is 2. The third-order valence-electron chi connectivity index (χ3n) is 17.5. The Morgan fingerprint density at radius 1 is 0.650 bits per heavy atom. The summed E-state index contributed by atoms with van der Waals surface area (Å²) in [6.07, 6.45) is 4.24. The van der Waals surface area contributed by atoms with E-state index in [1.54, 1.807) is 24.4 Å². The lowest BCUT2D eigenvalue weighted by molar-refractivity contribution is -0.139. The molecule has 11 amide bonds. The average molecular weight is 1430 g/mol. The number of carboxylic acid groups (broad SMARTS) is 1. The van der Waals surface area contributed by atoms with Gasteiger partial charge in [-0.05, 0) is 111 Å². The predicted octanol–water partition coefficient (Wildman–Crippen LogP) is -0.509. The Bertz CT molecular complexity index is 3530. The van der Waals surface area contributed by atoms with Gasteiger partial charge in [-0.1, -0.05) is 83.3 Å². The summed E-state index contributed by atoms with van der Waals surface area (Å²) in [6, 6.07) is 6.45. The van der Waals surface area contributed by atoms with Gasteiger partial charge in [-0.25, -0.2) is 0 Å². The van der Waals surface area contributed by atoms with Crippen LogP contribution in [0.2, 0.25) is 0 Å². The molecule has 33 heteroatoms. The Kier molecular flexibility index (Phi) is 30.5.